The van der Waals surface area contributed by atoms with Crippen LogP contribution in [0, 0.1) is 0 Å². The Hall–Kier alpha value is -2.87. The number of carbonyl (C=O) groups is 2. The molecule has 0 bridgehead atoms. The number of rotatable bonds is 6. The number of hydrogen-bond donors (Lipinski definition) is 1. The van der Waals surface area contributed by atoms with Crippen LogP contribution in [-0.4, -0.2) is 73.1 Å². The second kappa shape index (κ2) is 9.73. The van der Waals surface area contributed by atoms with Crippen molar-refractivity contribution in [2.24, 2.45) is 0 Å². The van der Waals surface area contributed by atoms with E-state index in [0.717, 1.165) is 13.1 Å². The Morgan fingerprint density at radius 2 is 1.72 bits per heavy atom. The fourth-order valence-corrected chi connectivity index (χ4v) is 4.21. The van der Waals surface area contributed by atoms with E-state index < -0.39 is 17.7 Å². The zero-order valence-electron chi connectivity index (χ0n) is 17.8. The number of methoxy groups -OCH3 is 1. The zero-order chi connectivity index (χ0) is 22.7. The summed E-state index contributed by atoms with van der Waals surface area (Å²) in [7, 11) is 1.55. The summed E-state index contributed by atoms with van der Waals surface area (Å²) in [6, 6.07) is 13.0. The Kier molecular flexibility index (Phi) is 6.79. The molecule has 2 aromatic carbocycles. The minimum atomic E-state index is -0.699. The molecule has 4 rings (SSSR count). The number of nitrogens with zero attached hydrogens (tertiary/aromatic N) is 2. The third kappa shape index (κ3) is 4.50. The van der Waals surface area contributed by atoms with Crippen molar-refractivity contribution in [3.05, 3.63) is 70.3 Å². The quantitative estimate of drug-likeness (QED) is 0.409. The largest absolute Gasteiger partial charge is 0.507 e. The molecule has 1 unspecified atom stereocenters. The molecule has 8 heteroatoms. The van der Waals surface area contributed by atoms with Gasteiger partial charge in [-0.15, -0.1) is 0 Å². The van der Waals surface area contributed by atoms with E-state index in [0.29, 0.717) is 48.2 Å². The molecule has 2 fully saturated rings. The predicted molar refractivity (Wildman–Crippen MR) is 121 cm³/mol. The number of aliphatic hydroxyl groups excluding tert-OH is 1. The van der Waals surface area contributed by atoms with Crippen molar-refractivity contribution in [2.45, 2.75) is 6.04 Å². The minimum Gasteiger partial charge on any atom is -0.507 e. The van der Waals surface area contributed by atoms with Crippen LogP contribution in [0.4, 0.5) is 0 Å². The number of ether oxygens (including phenoxy) is 2. The average molecular weight is 457 g/mol. The topological polar surface area (TPSA) is 79.3 Å². The second-order valence-corrected chi connectivity index (χ2v) is 8.16. The van der Waals surface area contributed by atoms with E-state index in [2.05, 4.69) is 4.90 Å². The molecule has 2 aromatic rings. The molecular weight excluding hydrogens is 432 g/mol. The van der Waals surface area contributed by atoms with Gasteiger partial charge in [0.05, 0.1) is 31.9 Å². The molecule has 1 amide bonds. The van der Waals surface area contributed by atoms with Crippen LogP contribution < -0.4 is 4.74 Å². The van der Waals surface area contributed by atoms with Gasteiger partial charge < -0.3 is 19.5 Å². The van der Waals surface area contributed by atoms with Gasteiger partial charge in [0.15, 0.2) is 0 Å². The lowest BCUT2D eigenvalue weighted by Gasteiger charge is -2.31. The molecule has 0 aromatic heterocycles. The van der Waals surface area contributed by atoms with Crippen molar-refractivity contribution in [3.8, 4) is 5.75 Å². The van der Waals surface area contributed by atoms with Gasteiger partial charge in [0.2, 0.25) is 0 Å². The van der Waals surface area contributed by atoms with E-state index in [1.165, 1.54) is 4.90 Å². The molecule has 7 nitrogen and oxygen atoms in total. The molecule has 1 N–H and O–H groups in total. The third-order valence-corrected chi connectivity index (χ3v) is 6.10. The summed E-state index contributed by atoms with van der Waals surface area (Å²) in [5.74, 6) is -0.893. The first-order valence-corrected chi connectivity index (χ1v) is 10.9. The van der Waals surface area contributed by atoms with Gasteiger partial charge in [0, 0.05) is 36.8 Å². The van der Waals surface area contributed by atoms with Crippen molar-refractivity contribution in [3.63, 3.8) is 0 Å². The lowest BCUT2D eigenvalue weighted by Crippen LogP contribution is -2.42. The van der Waals surface area contributed by atoms with Gasteiger partial charge in [-0.1, -0.05) is 23.7 Å². The number of likely N-dealkylation sites (tertiary alicyclic amines) is 1. The summed E-state index contributed by atoms with van der Waals surface area (Å²) in [6.07, 6.45) is 0. The molecule has 32 heavy (non-hydrogen) atoms. The number of amides is 1. The van der Waals surface area contributed by atoms with E-state index in [-0.39, 0.29) is 11.3 Å². The fraction of sp³-hybridized carbons (Fsp3) is 0.333. The SMILES string of the molecule is COc1ccc(/C(O)=C2/C(=O)C(=O)N(CCN3CCOCC3)C2c2ccc(Cl)cc2)cc1. The molecule has 0 spiro atoms. The Balaban J connectivity index is 1.71. The molecule has 2 heterocycles. The molecule has 1 atom stereocenters. The number of benzene rings is 2. The van der Waals surface area contributed by atoms with Gasteiger partial charge in [-0.05, 0) is 42.0 Å². The fourth-order valence-electron chi connectivity index (χ4n) is 4.08. The van der Waals surface area contributed by atoms with Crippen LogP contribution in [0.15, 0.2) is 54.1 Å². The first-order valence-electron chi connectivity index (χ1n) is 10.5. The predicted octanol–water partition coefficient (Wildman–Crippen LogP) is 3.10. The normalized spacial score (nSPS) is 21.2. The summed E-state index contributed by atoms with van der Waals surface area (Å²) >= 11 is 6.06. The summed E-state index contributed by atoms with van der Waals surface area (Å²) in [5, 5.41) is 11.6. The maximum atomic E-state index is 13.1. The molecule has 168 valence electrons. The maximum absolute atomic E-state index is 13.1. The Morgan fingerprint density at radius 3 is 2.34 bits per heavy atom. The third-order valence-electron chi connectivity index (χ3n) is 5.85. The first-order chi connectivity index (χ1) is 15.5. The maximum Gasteiger partial charge on any atom is 0.295 e. The molecule has 0 radical (unpaired) electrons. The van der Waals surface area contributed by atoms with E-state index >= 15 is 0 Å². The van der Waals surface area contributed by atoms with Crippen molar-refractivity contribution in [1.82, 2.24) is 9.80 Å². The Labute approximate surface area is 191 Å². The highest BCUT2D eigenvalue weighted by molar-refractivity contribution is 6.46. The van der Waals surface area contributed by atoms with Crippen LogP contribution in [0.25, 0.3) is 5.76 Å². The number of halogens is 1. The van der Waals surface area contributed by atoms with Crippen molar-refractivity contribution >= 4 is 29.1 Å². The van der Waals surface area contributed by atoms with Crippen molar-refractivity contribution < 1.29 is 24.2 Å². The highest BCUT2D eigenvalue weighted by atomic mass is 35.5. The van der Waals surface area contributed by atoms with Gasteiger partial charge in [0.1, 0.15) is 11.5 Å². The lowest BCUT2D eigenvalue weighted by atomic mass is 9.95. The standard InChI is InChI=1S/C24H25ClN2O5/c1-31-19-8-4-17(5-9-19)22(28)20-21(16-2-6-18(25)7-3-16)27(24(30)23(20)29)11-10-26-12-14-32-15-13-26/h2-9,21,28H,10-15H2,1H3/b22-20-. The number of ketones is 1. The van der Waals surface area contributed by atoms with E-state index in [1.807, 2.05) is 0 Å². The smallest absolute Gasteiger partial charge is 0.295 e. The number of aliphatic hydroxyl groups is 1. The first kappa shape index (κ1) is 22.3. The van der Waals surface area contributed by atoms with Crippen LogP contribution in [0.3, 0.4) is 0 Å². The van der Waals surface area contributed by atoms with Crippen LogP contribution in [0.2, 0.25) is 5.02 Å². The zero-order valence-corrected chi connectivity index (χ0v) is 18.5. The monoisotopic (exact) mass is 456 g/mol. The van der Waals surface area contributed by atoms with Gasteiger partial charge in [-0.25, -0.2) is 0 Å². The van der Waals surface area contributed by atoms with Crippen molar-refractivity contribution in [2.75, 3.05) is 46.5 Å². The number of hydrogen-bond acceptors (Lipinski definition) is 6. The van der Waals surface area contributed by atoms with Crippen LogP contribution in [0.1, 0.15) is 17.2 Å². The molecule has 2 saturated heterocycles. The number of carbonyl (C=O) groups excluding carboxylic acids is 2. The molecule has 0 aliphatic carbocycles. The lowest BCUT2D eigenvalue weighted by molar-refractivity contribution is -0.140. The average Bonchev–Trinajstić information content (AvgIpc) is 3.08. The van der Waals surface area contributed by atoms with Crippen LogP contribution >= 0.6 is 11.6 Å². The van der Waals surface area contributed by atoms with Gasteiger partial charge in [0.25, 0.3) is 11.7 Å². The second-order valence-electron chi connectivity index (χ2n) is 7.73. The highest BCUT2D eigenvalue weighted by Crippen LogP contribution is 2.39. The van der Waals surface area contributed by atoms with Gasteiger partial charge in [-0.2, -0.15) is 0 Å². The molecule has 2 aliphatic heterocycles. The number of morpholine rings is 1. The van der Waals surface area contributed by atoms with E-state index in [4.69, 9.17) is 21.1 Å². The molecular formula is C24H25ClN2O5. The number of Topliss-reactive ketones (excluding diaryl/α,β-unsaturated/α-hetero) is 1. The van der Waals surface area contributed by atoms with E-state index in [1.54, 1.807) is 55.6 Å². The summed E-state index contributed by atoms with van der Waals surface area (Å²) < 4.78 is 10.6. The molecule has 2 aliphatic rings. The Morgan fingerprint density at radius 1 is 1.06 bits per heavy atom. The minimum absolute atomic E-state index is 0.0736. The molecule has 0 saturated carbocycles. The van der Waals surface area contributed by atoms with E-state index in [9.17, 15) is 14.7 Å². The van der Waals surface area contributed by atoms with Crippen molar-refractivity contribution in [1.29, 1.82) is 0 Å². The van der Waals surface area contributed by atoms with Crippen LogP contribution in [-0.2, 0) is 14.3 Å². The van der Waals surface area contributed by atoms with Gasteiger partial charge >= 0.3 is 0 Å². The summed E-state index contributed by atoms with van der Waals surface area (Å²) in [4.78, 5) is 29.8. The summed E-state index contributed by atoms with van der Waals surface area (Å²) in [5.41, 5.74) is 1.23. The summed E-state index contributed by atoms with van der Waals surface area (Å²) in [6.45, 7) is 3.83. The highest BCUT2D eigenvalue weighted by Gasteiger charge is 2.46. The van der Waals surface area contributed by atoms with Crippen LogP contribution in [0.5, 0.6) is 5.75 Å². The Bertz CT molecular complexity index is 1010. The van der Waals surface area contributed by atoms with Gasteiger partial charge in [-0.3, -0.25) is 14.5 Å².